The molecule has 1 saturated heterocycles. The van der Waals surface area contributed by atoms with Crippen LogP contribution >= 0.6 is 0 Å². The van der Waals surface area contributed by atoms with E-state index >= 15 is 0 Å². The molecule has 0 aromatic rings. The fourth-order valence-electron chi connectivity index (χ4n) is 2.32. The van der Waals surface area contributed by atoms with Gasteiger partial charge in [0.25, 0.3) is 5.91 Å². The number of rotatable bonds is 0. The molecule has 102 valence electrons. The first kappa shape index (κ1) is 13.0. The number of alkyl halides is 6. The summed E-state index contributed by atoms with van der Waals surface area (Å²) in [6.45, 7) is 0. The summed E-state index contributed by atoms with van der Waals surface area (Å²) in [6.07, 6.45) is -14.1. The summed E-state index contributed by atoms with van der Waals surface area (Å²) in [7, 11) is 0. The highest BCUT2D eigenvalue weighted by Crippen LogP contribution is 2.65. The summed E-state index contributed by atoms with van der Waals surface area (Å²) in [5.41, 5.74) is -6.03. The minimum Gasteiger partial charge on any atom is -0.323 e. The van der Waals surface area contributed by atoms with E-state index in [1.165, 1.54) is 0 Å². The van der Waals surface area contributed by atoms with Gasteiger partial charge < -0.3 is 5.32 Å². The minimum atomic E-state index is -5.52. The number of halogens is 6. The van der Waals surface area contributed by atoms with E-state index in [2.05, 4.69) is 0 Å². The first-order chi connectivity index (χ1) is 7.94. The molecule has 1 heterocycles. The van der Waals surface area contributed by atoms with E-state index in [0.29, 0.717) is 0 Å². The summed E-state index contributed by atoms with van der Waals surface area (Å²) in [4.78, 5) is 22.0. The van der Waals surface area contributed by atoms with E-state index in [4.69, 9.17) is 0 Å². The lowest BCUT2D eigenvalue weighted by Crippen LogP contribution is -2.71. The Labute approximate surface area is 95.7 Å². The van der Waals surface area contributed by atoms with Crippen LogP contribution in [0.25, 0.3) is 0 Å². The second kappa shape index (κ2) is 3.09. The third-order valence-electron chi connectivity index (χ3n) is 3.31. The first-order valence-corrected chi connectivity index (χ1v) is 4.71. The van der Waals surface area contributed by atoms with Crippen molar-refractivity contribution in [2.45, 2.75) is 30.7 Å². The monoisotopic (exact) mass is 276 g/mol. The fourth-order valence-corrected chi connectivity index (χ4v) is 2.32. The van der Waals surface area contributed by atoms with Crippen LogP contribution < -0.4 is 10.6 Å². The van der Waals surface area contributed by atoms with E-state index in [1.54, 1.807) is 5.32 Å². The molecule has 4 nitrogen and oxygen atoms in total. The standard InChI is InChI=1S/C8H6F6N2O2/c9-7(10,11)6(8(12,13)14)1-5(2-6)3(17)15-4(18)16-5/h1-2H2,(H2,15,16,17,18). The molecule has 0 bridgehead atoms. The van der Waals surface area contributed by atoms with Gasteiger partial charge in [-0.25, -0.2) is 4.79 Å². The maximum Gasteiger partial charge on any atom is 0.403 e. The van der Waals surface area contributed by atoms with Gasteiger partial charge in [0.05, 0.1) is 0 Å². The van der Waals surface area contributed by atoms with Crippen molar-refractivity contribution in [3.8, 4) is 0 Å². The van der Waals surface area contributed by atoms with Gasteiger partial charge in [0.15, 0.2) is 5.41 Å². The van der Waals surface area contributed by atoms with Gasteiger partial charge in [0.1, 0.15) is 5.54 Å². The molecule has 2 fully saturated rings. The molecule has 0 aromatic carbocycles. The van der Waals surface area contributed by atoms with E-state index < -0.39 is 48.1 Å². The number of amides is 3. The molecule has 1 spiro atoms. The number of hydrogen-bond donors (Lipinski definition) is 2. The van der Waals surface area contributed by atoms with Gasteiger partial charge in [-0.05, 0) is 0 Å². The Bertz CT molecular complexity index is 404. The predicted octanol–water partition coefficient (Wildman–Crippen LogP) is 1.47. The van der Waals surface area contributed by atoms with Gasteiger partial charge in [-0.2, -0.15) is 26.3 Å². The van der Waals surface area contributed by atoms with Crippen molar-refractivity contribution >= 4 is 11.9 Å². The molecule has 1 aliphatic heterocycles. The number of imide groups is 1. The van der Waals surface area contributed by atoms with E-state index in [-0.39, 0.29) is 0 Å². The predicted molar refractivity (Wildman–Crippen MR) is 43.2 cm³/mol. The Kier molecular flexibility index (Phi) is 2.23. The number of hydrogen-bond acceptors (Lipinski definition) is 2. The SMILES string of the molecule is O=C1NC(=O)C2(CC(C(F)(F)F)(C(F)(F)F)C2)N1. The lowest BCUT2D eigenvalue weighted by atomic mass is 9.56. The van der Waals surface area contributed by atoms with Crippen molar-refractivity contribution in [1.82, 2.24) is 10.6 Å². The maximum atomic E-state index is 12.5. The van der Waals surface area contributed by atoms with Gasteiger partial charge in [-0.15, -0.1) is 0 Å². The molecule has 0 aromatic heterocycles. The highest BCUT2D eigenvalue weighted by Gasteiger charge is 2.82. The number of carbonyl (C=O) groups excluding carboxylic acids is 2. The summed E-state index contributed by atoms with van der Waals surface area (Å²) < 4.78 is 75.3. The summed E-state index contributed by atoms with van der Waals surface area (Å²) in [5, 5.41) is 3.44. The van der Waals surface area contributed by atoms with Crippen LogP contribution in [0.5, 0.6) is 0 Å². The van der Waals surface area contributed by atoms with Crippen LogP contribution in [0.2, 0.25) is 0 Å². The minimum absolute atomic E-state index is 1.09. The average molecular weight is 276 g/mol. The van der Waals surface area contributed by atoms with Crippen molar-refractivity contribution < 1.29 is 35.9 Å². The van der Waals surface area contributed by atoms with E-state index in [1.807, 2.05) is 5.32 Å². The van der Waals surface area contributed by atoms with Crippen LogP contribution in [-0.2, 0) is 4.79 Å². The Balaban J connectivity index is 2.32. The Hall–Kier alpha value is -1.48. The van der Waals surface area contributed by atoms with Crippen molar-refractivity contribution in [2.75, 3.05) is 0 Å². The van der Waals surface area contributed by atoms with Crippen LogP contribution in [0, 0.1) is 5.41 Å². The molecule has 2 rings (SSSR count). The average Bonchev–Trinajstić information content (AvgIpc) is 2.32. The van der Waals surface area contributed by atoms with Crippen LogP contribution in [-0.4, -0.2) is 29.8 Å². The van der Waals surface area contributed by atoms with E-state index in [9.17, 15) is 35.9 Å². The van der Waals surface area contributed by atoms with Crippen molar-refractivity contribution in [3.63, 3.8) is 0 Å². The van der Waals surface area contributed by atoms with Crippen LogP contribution in [0.4, 0.5) is 31.1 Å². The molecule has 1 saturated carbocycles. The zero-order chi connectivity index (χ0) is 14.0. The first-order valence-electron chi connectivity index (χ1n) is 4.71. The Morgan fingerprint density at radius 1 is 0.944 bits per heavy atom. The van der Waals surface area contributed by atoms with Gasteiger partial charge in [0.2, 0.25) is 0 Å². The lowest BCUT2D eigenvalue weighted by Gasteiger charge is -2.53. The normalized spacial score (nSPS) is 25.7. The summed E-state index contributed by atoms with van der Waals surface area (Å²) >= 11 is 0. The molecule has 0 unspecified atom stereocenters. The molecule has 0 radical (unpaired) electrons. The molecule has 2 aliphatic rings. The molecular weight excluding hydrogens is 270 g/mol. The van der Waals surface area contributed by atoms with Crippen molar-refractivity contribution in [3.05, 3.63) is 0 Å². The number of nitrogens with one attached hydrogen (secondary N) is 2. The largest absolute Gasteiger partial charge is 0.403 e. The molecule has 10 heteroatoms. The fraction of sp³-hybridized carbons (Fsp3) is 0.750. The van der Waals surface area contributed by atoms with Crippen LogP contribution in [0.3, 0.4) is 0 Å². The quantitative estimate of drug-likeness (QED) is 0.520. The smallest absolute Gasteiger partial charge is 0.323 e. The second-order valence-electron chi connectivity index (χ2n) is 4.42. The van der Waals surface area contributed by atoms with Gasteiger partial charge in [-0.1, -0.05) is 0 Å². The highest BCUT2D eigenvalue weighted by molar-refractivity contribution is 6.07. The number of urea groups is 1. The van der Waals surface area contributed by atoms with Gasteiger partial charge in [0, 0.05) is 12.8 Å². The van der Waals surface area contributed by atoms with Crippen molar-refractivity contribution in [2.24, 2.45) is 5.41 Å². The Morgan fingerprint density at radius 2 is 1.39 bits per heavy atom. The highest BCUT2D eigenvalue weighted by atomic mass is 19.4. The Morgan fingerprint density at radius 3 is 1.67 bits per heavy atom. The second-order valence-corrected chi connectivity index (χ2v) is 4.42. The van der Waals surface area contributed by atoms with Crippen LogP contribution in [0.1, 0.15) is 12.8 Å². The zero-order valence-electron chi connectivity index (χ0n) is 8.50. The van der Waals surface area contributed by atoms with Gasteiger partial charge >= 0.3 is 18.4 Å². The third-order valence-corrected chi connectivity index (χ3v) is 3.31. The number of carbonyl (C=O) groups is 2. The molecule has 2 N–H and O–H groups in total. The topological polar surface area (TPSA) is 58.2 Å². The van der Waals surface area contributed by atoms with Gasteiger partial charge in [-0.3, -0.25) is 10.1 Å². The van der Waals surface area contributed by atoms with Crippen LogP contribution in [0.15, 0.2) is 0 Å². The zero-order valence-corrected chi connectivity index (χ0v) is 8.50. The summed E-state index contributed by atoms with van der Waals surface area (Å²) in [5.74, 6) is -1.16. The van der Waals surface area contributed by atoms with Crippen molar-refractivity contribution in [1.29, 1.82) is 0 Å². The van der Waals surface area contributed by atoms with E-state index in [0.717, 1.165) is 0 Å². The molecule has 0 atom stereocenters. The molecule has 1 aliphatic carbocycles. The summed E-state index contributed by atoms with van der Waals surface area (Å²) in [6, 6.07) is -1.09. The third kappa shape index (κ3) is 1.40. The molecular formula is C8H6F6N2O2. The maximum absolute atomic E-state index is 12.5. The lowest BCUT2D eigenvalue weighted by molar-refractivity contribution is -0.375. The molecule has 18 heavy (non-hydrogen) atoms. The molecule has 3 amide bonds.